The van der Waals surface area contributed by atoms with Crippen LogP contribution < -0.4 is 20.7 Å². The zero-order chi connectivity index (χ0) is 83.2. The summed E-state index contributed by atoms with van der Waals surface area (Å²) in [6.45, 7) is 0. The predicted molar refractivity (Wildman–Crippen MR) is 321 cm³/mol. The van der Waals surface area contributed by atoms with Crippen molar-refractivity contribution in [1.82, 2.24) is 24.1 Å². The molecular weight excluding hydrogens is 959 g/mol. The third-order valence-corrected chi connectivity index (χ3v) is 17.8. The smallest absolute Gasteiger partial charge is 0.238 e. The maximum atomic E-state index is 11.0. The summed E-state index contributed by atoms with van der Waals surface area (Å²) in [6, 6.07) is -32.7. The molecule has 0 saturated heterocycles. The molecule has 15 aromatic rings. The van der Waals surface area contributed by atoms with Gasteiger partial charge in [0.1, 0.15) is 0 Å². The summed E-state index contributed by atoms with van der Waals surface area (Å²) in [5, 5.41) is -6.49. The van der Waals surface area contributed by atoms with Crippen LogP contribution in [0.1, 0.15) is 52.1 Å². The first-order chi connectivity index (χ1) is 53.5. The molecule has 0 aliphatic heterocycles. The van der Waals surface area contributed by atoms with Gasteiger partial charge in [-0.1, -0.05) is 218 Å². The molecule has 0 fully saturated rings. The Bertz CT molecular complexity index is 6770. The van der Waals surface area contributed by atoms with Crippen molar-refractivity contribution < 1.29 is 52.1 Å². The van der Waals surface area contributed by atoms with Crippen LogP contribution in [0.5, 0.6) is 0 Å². The van der Waals surface area contributed by atoms with Gasteiger partial charge in [-0.3, -0.25) is 4.57 Å². The first kappa shape index (κ1) is 20.3. The second-order valence-electron chi connectivity index (χ2n) is 16.6. The first-order valence-electron chi connectivity index (χ1n) is 41.7. The van der Waals surface area contributed by atoms with Crippen LogP contribution >= 0.6 is 11.3 Å². The highest BCUT2D eigenvalue weighted by molar-refractivity contribution is 7.25. The molecule has 5 nitrogen and oxygen atoms in total. The van der Waals surface area contributed by atoms with Crippen molar-refractivity contribution in [3.05, 3.63) is 272 Å². The van der Waals surface area contributed by atoms with Crippen LogP contribution in [-0.2, 0) is 0 Å². The average Bonchev–Trinajstić information content (AvgIpc) is 1.01. The predicted octanol–water partition coefficient (Wildman–Crippen LogP) is 14.8. The van der Waals surface area contributed by atoms with Crippen LogP contribution in [0.4, 0.5) is 0 Å². The van der Waals surface area contributed by atoms with E-state index < -0.39 is 342 Å². The lowest BCUT2D eigenvalue weighted by molar-refractivity contribution is 0.952. The summed E-state index contributed by atoms with van der Waals surface area (Å²) in [6.07, 6.45) is 0. The van der Waals surface area contributed by atoms with E-state index >= 15 is 0 Å². The minimum Gasteiger partial charge on any atom is -0.309 e. The van der Waals surface area contributed by atoms with Gasteiger partial charge in [-0.2, -0.15) is 9.97 Å². The molecule has 11 aromatic carbocycles. The van der Waals surface area contributed by atoms with Crippen molar-refractivity contribution in [1.29, 1.82) is 0 Å². The molecule has 0 aliphatic rings. The third-order valence-electron chi connectivity index (χ3n) is 12.6. The van der Waals surface area contributed by atoms with Gasteiger partial charge in [0.15, 0.2) is 19.7 Å². The quantitative estimate of drug-likeness (QED) is 0.107. The Labute approximate surface area is 497 Å². The van der Waals surface area contributed by atoms with E-state index in [2.05, 4.69) is 15.0 Å². The first-order valence-corrected chi connectivity index (χ1v) is 25.5. The number of hydrogen-bond donors (Lipinski definition) is 0. The van der Waals surface area contributed by atoms with E-state index in [0.717, 1.165) is 4.70 Å². The Balaban J connectivity index is 1.22. The molecule has 15 rings (SSSR count). The van der Waals surface area contributed by atoms with Crippen molar-refractivity contribution in [2.75, 3.05) is 0 Å². The standard InChI is InChI=1S/C69H45N5SSi/c1-3-23-49(24-4-1)76(50-25-5-2-6-26-50,51-27-19-21-46(43-51)47-41-42-66-59(45-47)57-33-12-18-40-65(57)75-66)52-28-20-22-48(44-52)67-70-68(72-69(71-67)74-62-37-15-9-31-55(62)56-32-10-16-38-63(56)74)58-34-11-17-39-64(58)73-60-35-13-7-29-53(60)54-30-8-14-36-61(54)73/h1-45H/i1D,2D,3D,4D,5D,6D,7D,8D,9D,10D,11D,13D,14D,15D,16D,17D,19D,20D,21D,22D,23D,24D,25D,26D,27D,28D,29D,30D,31D,32D,34D,35D,36D,37D,38D,39D,43D,44D. The summed E-state index contributed by atoms with van der Waals surface area (Å²) in [4.78, 5) is 14.0. The van der Waals surface area contributed by atoms with Crippen molar-refractivity contribution in [3.63, 3.8) is 0 Å². The highest BCUT2D eigenvalue weighted by atomic mass is 32.1. The number of rotatable bonds is 9. The maximum absolute atomic E-state index is 11.0. The fourth-order valence-electron chi connectivity index (χ4n) is 9.41. The normalized spacial score (nSPS) is 18.9. The van der Waals surface area contributed by atoms with Gasteiger partial charge < -0.3 is 4.57 Å². The molecule has 4 aromatic heterocycles. The van der Waals surface area contributed by atoms with Crippen molar-refractivity contribution in [2.45, 2.75) is 0 Å². The zero-order valence-corrected chi connectivity index (χ0v) is 40.0. The monoisotopic (exact) mass is 1040 g/mol. The molecular formula is C69H45N5SSi. The molecule has 4 heterocycles. The molecule has 0 radical (unpaired) electrons. The number of benzene rings is 11. The summed E-state index contributed by atoms with van der Waals surface area (Å²) in [7, 11) is -6.81. The van der Waals surface area contributed by atoms with Crippen LogP contribution in [0, 0.1) is 0 Å². The van der Waals surface area contributed by atoms with Crippen LogP contribution in [0.15, 0.2) is 272 Å². The molecule has 356 valence electrons. The number of aromatic nitrogens is 5. The molecule has 0 aliphatic carbocycles. The largest absolute Gasteiger partial charge is 0.309 e. The van der Waals surface area contributed by atoms with Gasteiger partial charge in [-0.15, -0.1) is 11.3 Å². The summed E-state index contributed by atoms with van der Waals surface area (Å²) in [5.41, 5.74) is -7.40. The molecule has 0 bridgehead atoms. The Morgan fingerprint density at radius 3 is 1.47 bits per heavy atom. The van der Waals surface area contributed by atoms with Crippen LogP contribution in [-0.4, -0.2) is 32.2 Å². The molecule has 0 unspecified atom stereocenters. The second-order valence-corrected chi connectivity index (χ2v) is 21.2. The van der Waals surface area contributed by atoms with Crippen LogP contribution in [0.3, 0.4) is 0 Å². The van der Waals surface area contributed by atoms with E-state index in [1.165, 1.54) is 23.5 Å². The van der Waals surface area contributed by atoms with E-state index in [1.807, 2.05) is 0 Å². The lowest BCUT2D eigenvalue weighted by atomic mass is 10.0. The number of nitrogens with zero attached hydrogens (tertiary/aromatic N) is 5. The molecule has 0 atom stereocenters. The second kappa shape index (κ2) is 17.8. The summed E-state index contributed by atoms with van der Waals surface area (Å²) >= 11 is 1.33. The van der Waals surface area contributed by atoms with Crippen LogP contribution in [0.2, 0.25) is 0 Å². The van der Waals surface area contributed by atoms with E-state index in [1.54, 1.807) is 30.3 Å². The van der Waals surface area contributed by atoms with Gasteiger partial charge in [0.2, 0.25) is 5.95 Å². The van der Waals surface area contributed by atoms with Crippen molar-refractivity contribution >= 4 is 104 Å². The van der Waals surface area contributed by atoms with E-state index in [4.69, 9.17) is 13.7 Å². The Hall–Kier alpha value is -9.53. The maximum Gasteiger partial charge on any atom is 0.238 e. The molecule has 0 saturated carbocycles. The minimum atomic E-state index is -6.81. The van der Waals surface area contributed by atoms with E-state index in [-0.39, 0.29) is 5.56 Å². The fourth-order valence-corrected chi connectivity index (χ4v) is 14.1. The van der Waals surface area contributed by atoms with Crippen molar-refractivity contribution in [2.24, 2.45) is 0 Å². The fraction of sp³-hybridized carbons (Fsp3) is 0. The molecule has 0 amide bonds. The molecule has 0 N–H and O–H groups in total. The number of thiophene rings is 1. The van der Waals surface area contributed by atoms with Crippen molar-refractivity contribution in [3.8, 4) is 45.5 Å². The lowest BCUT2D eigenvalue weighted by Crippen LogP contribution is -2.74. The number of para-hydroxylation sites is 5. The van der Waals surface area contributed by atoms with Gasteiger partial charge in [0, 0.05) is 52.8 Å². The average molecular weight is 1040 g/mol. The summed E-state index contributed by atoms with van der Waals surface area (Å²) < 4.78 is 365. The Morgan fingerprint density at radius 1 is 0.355 bits per heavy atom. The highest BCUT2D eigenvalue weighted by Crippen LogP contribution is 2.39. The van der Waals surface area contributed by atoms with E-state index in [0.29, 0.717) is 24.6 Å². The third kappa shape index (κ3) is 6.94. The zero-order valence-electron chi connectivity index (χ0n) is 76.2. The number of fused-ring (bicyclic) bond motifs is 9. The van der Waals surface area contributed by atoms with E-state index in [9.17, 15) is 38.4 Å². The van der Waals surface area contributed by atoms with Gasteiger partial charge in [0.05, 0.1) is 79.8 Å². The van der Waals surface area contributed by atoms with Gasteiger partial charge in [-0.05, 0) is 86.3 Å². The SMILES string of the molecule is [2H]c1c([2H])c([2H])c([Si](c2c([2H])c([2H])c([2H])c([2H])c2[2H])(c2c([2H])c([2H])c([2H])c(-c3ccc4sc5ccccc5c4c3)c2[2H])c2c([2H])c([2H])c([2H])c(-c3nc(-c4c([2H])c([2H])c([2H])c([2H])c4-n4c5c([2H])c([2H])c([2H])c([2H])c5c5c([2H])c([2H])c([2H])c([2H])c54)nc(-n4c5c([2H])c([2H])c([2H])c([2H])c5c5c([2H])c([2H])c([2H])c([2H])c54)n3)c2[2H])c([2H])c1[2H]. The van der Waals surface area contributed by atoms with Gasteiger partial charge in [-0.25, -0.2) is 4.98 Å². The Kier molecular flexibility index (Phi) is 4.77. The topological polar surface area (TPSA) is 48.5 Å². The summed E-state index contributed by atoms with van der Waals surface area (Å²) in [5.74, 6) is -3.79. The molecule has 0 spiro atoms. The van der Waals surface area contributed by atoms with Crippen LogP contribution in [0.25, 0.3) is 109 Å². The molecule has 7 heteroatoms. The van der Waals surface area contributed by atoms with Gasteiger partial charge >= 0.3 is 0 Å². The Morgan fingerprint density at radius 2 is 0.842 bits per heavy atom. The lowest BCUT2D eigenvalue weighted by Gasteiger charge is -2.35. The molecule has 76 heavy (non-hydrogen) atoms. The minimum absolute atomic E-state index is 0.0914. The number of hydrogen-bond acceptors (Lipinski definition) is 4. The van der Waals surface area contributed by atoms with Gasteiger partial charge in [0.25, 0.3) is 0 Å². The highest BCUT2D eigenvalue weighted by Gasteiger charge is 2.42.